The number of ketones is 2. The van der Waals surface area contributed by atoms with Crippen LogP contribution in [0.15, 0.2) is 30.3 Å². The zero-order valence-corrected chi connectivity index (χ0v) is 17.1. The number of carbonyl (C=O) groups excluding carboxylic acids is 2. The summed E-state index contributed by atoms with van der Waals surface area (Å²) in [7, 11) is 6.07. The quantitative estimate of drug-likeness (QED) is 0.606. The van der Waals surface area contributed by atoms with Crippen LogP contribution in [0.25, 0.3) is 0 Å². The summed E-state index contributed by atoms with van der Waals surface area (Å²) in [5.41, 5.74) is 1.43. The van der Waals surface area contributed by atoms with Gasteiger partial charge < -0.3 is 18.9 Å². The van der Waals surface area contributed by atoms with Crippen molar-refractivity contribution in [3.8, 4) is 23.0 Å². The summed E-state index contributed by atoms with van der Waals surface area (Å²) in [6, 6.07) is 8.30. The average molecular weight is 386 g/mol. The molecule has 0 aliphatic heterocycles. The van der Waals surface area contributed by atoms with E-state index in [1.807, 2.05) is 6.92 Å². The molecule has 150 valence electrons. The number of benzene rings is 2. The third kappa shape index (κ3) is 4.11. The molecule has 2 aromatic rings. The van der Waals surface area contributed by atoms with Crippen molar-refractivity contribution in [2.24, 2.45) is 0 Å². The highest BCUT2D eigenvalue weighted by Gasteiger charge is 2.26. The van der Waals surface area contributed by atoms with Gasteiger partial charge in [0.2, 0.25) is 0 Å². The van der Waals surface area contributed by atoms with Gasteiger partial charge in [-0.1, -0.05) is 6.92 Å². The minimum absolute atomic E-state index is 0.0175. The van der Waals surface area contributed by atoms with Gasteiger partial charge in [-0.05, 0) is 49.2 Å². The number of hydrogen-bond acceptors (Lipinski definition) is 6. The van der Waals surface area contributed by atoms with Gasteiger partial charge in [0.1, 0.15) is 5.78 Å². The van der Waals surface area contributed by atoms with Crippen LogP contribution in [0.3, 0.4) is 0 Å². The van der Waals surface area contributed by atoms with E-state index in [1.165, 1.54) is 35.4 Å². The Morgan fingerprint density at radius 2 is 1.36 bits per heavy atom. The Morgan fingerprint density at radius 1 is 0.821 bits per heavy atom. The zero-order valence-electron chi connectivity index (χ0n) is 17.1. The molecule has 28 heavy (non-hydrogen) atoms. The molecule has 0 saturated carbocycles. The molecule has 0 spiro atoms. The number of rotatable bonds is 9. The predicted molar refractivity (Wildman–Crippen MR) is 106 cm³/mol. The molecule has 0 aliphatic rings. The SMILES string of the molecule is CC[C@H](C(C)=O)c1cc(OC)c(OC)cc1C(=O)c1ccc(OC)c(OC)c1. The van der Waals surface area contributed by atoms with Gasteiger partial charge >= 0.3 is 0 Å². The summed E-state index contributed by atoms with van der Waals surface area (Å²) in [6.45, 7) is 3.43. The van der Waals surface area contributed by atoms with Crippen LogP contribution in [0.5, 0.6) is 23.0 Å². The fraction of sp³-hybridized carbons (Fsp3) is 0.364. The van der Waals surface area contributed by atoms with E-state index in [-0.39, 0.29) is 11.6 Å². The van der Waals surface area contributed by atoms with Crippen molar-refractivity contribution in [3.63, 3.8) is 0 Å². The van der Waals surface area contributed by atoms with Gasteiger partial charge in [-0.25, -0.2) is 0 Å². The molecule has 6 heteroatoms. The topological polar surface area (TPSA) is 71.1 Å². The summed E-state index contributed by atoms with van der Waals surface area (Å²) < 4.78 is 21.3. The van der Waals surface area contributed by atoms with Gasteiger partial charge in [0.15, 0.2) is 28.8 Å². The second kappa shape index (κ2) is 9.26. The first-order valence-electron chi connectivity index (χ1n) is 8.94. The maximum atomic E-state index is 13.3. The predicted octanol–water partition coefficient (Wildman–Crippen LogP) is 4.03. The smallest absolute Gasteiger partial charge is 0.193 e. The average Bonchev–Trinajstić information content (AvgIpc) is 2.72. The standard InChI is InChI=1S/C22H26O6/c1-7-15(13(2)23)16-11-20(27-5)21(28-6)12-17(16)22(24)14-8-9-18(25-3)19(10-14)26-4/h8-12,15H,7H2,1-6H3/t15-/m1/s1. The number of carbonyl (C=O) groups is 2. The van der Waals surface area contributed by atoms with Gasteiger partial charge in [0.25, 0.3) is 0 Å². The van der Waals surface area contributed by atoms with E-state index >= 15 is 0 Å². The summed E-state index contributed by atoms with van der Waals surface area (Å²) in [5.74, 6) is 1.21. The molecule has 0 amide bonds. The lowest BCUT2D eigenvalue weighted by Gasteiger charge is -2.19. The minimum Gasteiger partial charge on any atom is -0.493 e. The molecule has 0 aromatic heterocycles. The molecule has 0 N–H and O–H groups in total. The number of ether oxygens (including phenoxy) is 4. The van der Waals surface area contributed by atoms with Crippen molar-refractivity contribution in [1.29, 1.82) is 0 Å². The molecular weight excluding hydrogens is 360 g/mol. The van der Waals surface area contributed by atoms with Crippen molar-refractivity contribution in [2.75, 3.05) is 28.4 Å². The molecular formula is C22H26O6. The zero-order chi connectivity index (χ0) is 20.8. The maximum absolute atomic E-state index is 13.3. The monoisotopic (exact) mass is 386 g/mol. The van der Waals surface area contributed by atoms with E-state index in [2.05, 4.69) is 0 Å². The Morgan fingerprint density at radius 3 is 1.86 bits per heavy atom. The van der Waals surface area contributed by atoms with Crippen LogP contribution in [0.2, 0.25) is 0 Å². The summed E-state index contributed by atoms with van der Waals surface area (Å²) in [5, 5.41) is 0. The van der Waals surface area contributed by atoms with E-state index in [1.54, 1.807) is 30.3 Å². The van der Waals surface area contributed by atoms with E-state index in [0.29, 0.717) is 46.1 Å². The largest absolute Gasteiger partial charge is 0.493 e. The molecule has 0 fully saturated rings. The van der Waals surface area contributed by atoms with Crippen molar-refractivity contribution in [2.45, 2.75) is 26.2 Å². The second-order valence-electron chi connectivity index (χ2n) is 6.26. The highest BCUT2D eigenvalue weighted by atomic mass is 16.5. The van der Waals surface area contributed by atoms with Gasteiger partial charge in [0.05, 0.1) is 28.4 Å². The van der Waals surface area contributed by atoms with Crippen molar-refractivity contribution >= 4 is 11.6 Å². The first kappa shape index (κ1) is 21.3. The van der Waals surface area contributed by atoms with Gasteiger partial charge in [0, 0.05) is 17.0 Å². The molecule has 0 bridgehead atoms. The van der Waals surface area contributed by atoms with E-state index in [4.69, 9.17) is 18.9 Å². The highest BCUT2D eigenvalue weighted by Crippen LogP contribution is 2.37. The van der Waals surface area contributed by atoms with Crippen molar-refractivity contribution < 1.29 is 28.5 Å². The van der Waals surface area contributed by atoms with Crippen LogP contribution in [-0.2, 0) is 4.79 Å². The Bertz CT molecular complexity index is 872. The Kier molecular flexibility index (Phi) is 7.04. The molecule has 0 saturated heterocycles. The second-order valence-corrected chi connectivity index (χ2v) is 6.26. The first-order valence-corrected chi connectivity index (χ1v) is 8.94. The summed E-state index contributed by atoms with van der Waals surface area (Å²) in [4.78, 5) is 25.5. The van der Waals surface area contributed by atoms with E-state index < -0.39 is 5.92 Å². The Hall–Kier alpha value is -3.02. The molecule has 0 aliphatic carbocycles. The highest BCUT2D eigenvalue weighted by molar-refractivity contribution is 6.11. The molecule has 0 radical (unpaired) electrons. The summed E-state index contributed by atoms with van der Waals surface area (Å²) >= 11 is 0. The molecule has 2 rings (SSSR count). The lowest BCUT2D eigenvalue weighted by Crippen LogP contribution is -2.15. The number of methoxy groups -OCH3 is 4. The van der Waals surface area contributed by atoms with Crippen molar-refractivity contribution in [1.82, 2.24) is 0 Å². The fourth-order valence-electron chi connectivity index (χ4n) is 3.24. The lowest BCUT2D eigenvalue weighted by molar-refractivity contribution is -0.118. The number of hydrogen-bond donors (Lipinski definition) is 0. The molecule has 1 atom stereocenters. The molecule has 2 aromatic carbocycles. The van der Waals surface area contributed by atoms with E-state index in [0.717, 1.165) is 0 Å². The first-order chi connectivity index (χ1) is 13.4. The van der Waals surface area contributed by atoms with Crippen molar-refractivity contribution in [3.05, 3.63) is 47.0 Å². The van der Waals surface area contributed by atoms with Crippen LogP contribution in [-0.4, -0.2) is 40.0 Å². The van der Waals surface area contributed by atoms with Crippen LogP contribution >= 0.6 is 0 Å². The van der Waals surface area contributed by atoms with Gasteiger partial charge in [-0.2, -0.15) is 0 Å². The normalized spacial score (nSPS) is 11.5. The molecule has 0 heterocycles. The van der Waals surface area contributed by atoms with Crippen LogP contribution < -0.4 is 18.9 Å². The van der Waals surface area contributed by atoms with Gasteiger partial charge in [-0.3, -0.25) is 9.59 Å². The molecule has 0 unspecified atom stereocenters. The Balaban J connectivity index is 2.68. The lowest BCUT2D eigenvalue weighted by atomic mass is 9.86. The maximum Gasteiger partial charge on any atom is 0.193 e. The number of Topliss-reactive ketones (excluding diaryl/α,β-unsaturated/α-hetero) is 1. The summed E-state index contributed by atoms with van der Waals surface area (Å²) in [6.07, 6.45) is 0.566. The van der Waals surface area contributed by atoms with Crippen LogP contribution in [0, 0.1) is 0 Å². The third-order valence-electron chi connectivity index (χ3n) is 4.72. The third-order valence-corrected chi connectivity index (χ3v) is 4.72. The fourth-order valence-corrected chi connectivity index (χ4v) is 3.24. The van der Waals surface area contributed by atoms with E-state index in [9.17, 15) is 9.59 Å². The van der Waals surface area contributed by atoms with Gasteiger partial charge in [-0.15, -0.1) is 0 Å². The van der Waals surface area contributed by atoms with Crippen LogP contribution in [0.1, 0.15) is 47.7 Å². The minimum atomic E-state index is -0.418. The molecule has 6 nitrogen and oxygen atoms in total. The van der Waals surface area contributed by atoms with Crippen LogP contribution in [0.4, 0.5) is 0 Å². The Labute approximate surface area is 165 Å².